The van der Waals surface area contributed by atoms with E-state index in [1.807, 2.05) is 11.0 Å². The van der Waals surface area contributed by atoms with Gasteiger partial charge in [-0.3, -0.25) is 9.59 Å². The van der Waals surface area contributed by atoms with E-state index in [0.29, 0.717) is 43.7 Å². The maximum absolute atomic E-state index is 14.5. The Labute approximate surface area is 171 Å². The van der Waals surface area contributed by atoms with Crippen molar-refractivity contribution in [2.45, 2.75) is 64.0 Å². The van der Waals surface area contributed by atoms with Crippen LogP contribution >= 0.6 is 0 Å². The fraction of sp³-hybridized carbons (Fsp3) is 0.636. The summed E-state index contributed by atoms with van der Waals surface area (Å²) in [4.78, 5) is 26.0. The predicted octanol–water partition coefficient (Wildman–Crippen LogP) is 2.49. The highest BCUT2D eigenvalue weighted by Gasteiger charge is 2.21. The van der Waals surface area contributed by atoms with Crippen molar-refractivity contribution in [3.8, 4) is 0 Å². The van der Waals surface area contributed by atoms with Gasteiger partial charge in [0.25, 0.3) is 0 Å². The van der Waals surface area contributed by atoms with Gasteiger partial charge in [-0.05, 0) is 43.4 Å². The standard InChI is InChI=1S/C22H32FN3O3/c23-19-14-16(6-7-20(19)26-12-9-18(27)10-13-26)15-25-21(28)8-11-24-22(29)17-4-2-1-3-5-17/h6-7,14,17-18,27H,1-5,8-13,15H2,(H,24,29)(H,25,28). The Bertz CT molecular complexity index is 699. The molecule has 160 valence electrons. The van der Waals surface area contributed by atoms with Gasteiger partial charge in [-0.1, -0.05) is 25.3 Å². The Kier molecular flexibility index (Phi) is 7.86. The number of carbonyl (C=O) groups is 2. The first-order chi connectivity index (χ1) is 14.0. The first-order valence-corrected chi connectivity index (χ1v) is 10.8. The Morgan fingerprint density at radius 1 is 1.07 bits per heavy atom. The van der Waals surface area contributed by atoms with Gasteiger partial charge < -0.3 is 20.6 Å². The van der Waals surface area contributed by atoms with Crippen LogP contribution in [-0.2, 0) is 16.1 Å². The van der Waals surface area contributed by atoms with Gasteiger partial charge in [-0.25, -0.2) is 4.39 Å². The number of aliphatic hydroxyl groups excluding tert-OH is 1. The van der Waals surface area contributed by atoms with Crippen molar-refractivity contribution in [3.63, 3.8) is 0 Å². The molecule has 0 atom stereocenters. The number of aliphatic hydroxyl groups is 1. The van der Waals surface area contributed by atoms with E-state index in [4.69, 9.17) is 0 Å². The zero-order chi connectivity index (χ0) is 20.6. The number of anilines is 1. The topological polar surface area (TPSA) is 81.7 Å². The summed E-state index contributed by atoms with van der Waals surface area (Å²) in [5, 5.41) is 15.2. The number of hydrogen-bond donors (Lipinski definition) is 3. The summed E-state index contributed by atoms with van der Waals surface area (Å²) in [6.07, 6.45) is 6.51. The van der Waals surface area contributed by atoms with Crippen LogP contribution in [-0.4, -0.2) is 42.7 Å². The van der Waals surface area contributed by atoms with Crippen LogP contribution in [0.5, 0.6) is 0 Å². The van der Waals surface area contributed by atoms with Crippen LogP contribution in [0.3, 0.4) is 0 Å². The lowest BCUT2D eigenvalue weighted by Gasteiger charge is -2.31. The van der Waals surface area contributed by atoms with Crippen molar-refractivity contribution >= 4 is 17.5 Å². The molecule has 2 amide bonds. The van der Waals surface area contributed by atoms with Crippen molar-refractivity contribution in [2.24, 2.45) is 5.92 Å². The molecule has 1 aliphatic carbocycles. The molecule has 2 fully saturated rings. The molecule has 1 saturated carbocycles. The van der Waals surface area contributed by atoms with Gasteiger partial charge in [0.1, 0.15) is 5.82 Å². The minimum atomic E-state index is -0.312. The number of piperidine rings is 1. The molecule has 1 heterocycles. The quantitative estimate of drug-likeness (QED) is 0.651. The fourth-order valence-corrected chi connectivity index (χ4v) is 4.12. The van der Waals surface area contributed by atoms with Crippen LogP contribution in [0.1, 0.15) is 56.9 Å². The van der Waals surface area contributed by atoms with E-state index in [1.54, 1.807) is 6.07 Å². The molecule has 6 nitrogen and oxygen atoms in total. The van der Waals surface area contributed by atoms with Gasteiger partial charge in [-0.2, -0.15) is 0 Å². The molecule has 0 aromatic heterocycles. The lowest BCUT2D eigenvalue weighted by Crippen LogP contribution is -2.36. The lowest BCUT2D eigenvalue weighted by atomic mass is 9.89. The van der Waals surface area contributed by atoms with Crippen LogP contribution in [0.4, 0.5) is 10.1 Å². The second-order valence-corrected chi connectivity index (χ2v) is 8.16. The van der Waals surface area contributed by atoms with Crippen LogP contribution in [0.25, 0.3) is 0 Å². The SMILES string of the molecule is O=C(CCNC(=O)C1CCCCC1)NCc1ccc(N2CCC(O)CC2)c(F)c1. The first kappa shape index (κ1) is 21.6. The molecular formula is C22H32FN3O3. The van der Waals surface area contributed by atoms with Gasteiger partial charge in [0.2, 0.25) is 11.8 Å². The smallest absolute Gasteiger partial charge is 0.223 e. The van der Waals surface area contributed by atoms with Crippen molar-refractivity contribution in [1.82, 2.24) is 10.6 Å². The molecular weight excluding hydrogens is 373 g/mol. The molecule has 2 aliphatic rings. The van der Waals surface area contributed by atoms with E-state index < -0.39 is 0 Å². The number of hydrogen-bond acceptors (Lipinski definition) is 4. The van der Waals surface area contributed by atoms with E-state index in [2.05, 4.69) is 10.6 Å². The largest absolute Gasteiger partial charge is 0.393 e. The normalized spacial score (nSPS) is 18.5. The number of carbonyl (C=O) groups excluding carboxylic acids is 2. The van der Waals surface area contributed by atoms with Gasteiger partial charge >= 0.3 is 0 Å². The monoisotopic (exact) mass is 405 g/mol. The summed E-state index contributed by atoms with van der Waals surface area (Å²) in [5.74, 6) is -0.326. The maximum Gasteiger partial charge on any atom is 0.223 e. The second-order valence-electron chi connectivity index (χ2n) is 8.16. The summed E-state index contributed by atoms with van der Waals surface area (Å²) in [6.45, 7) is 1.86. The lowest BCUT2D eigenvalue weighted by molar-refractivity contribution is -0.126. The van der Waals surface area contributed by atoms with Crippen molar-refractivity contribution < 1.29 is 19.1 Å². The average Bonchev–Trinajstić information content (AvgIpc) is 2.74. The van der Waals surface area contributed by atoms with Crippen molar-refractivity contribution in [3.05, 3.63) is 29.6 Å². The zero-order valence-electron chi connectivity index (χ0n) is 17.0. The molecule has 0 spiro atoms. The van der Waals surface area contributed by atoms with E-state index in [9.17, 15) is 19.1 Å². The third kappa shape index (κ3) is 6.42. The summed E-state index contributed by atoms with van der Waals surface area (Å²) in [6, 6.07) is 5.00. The highest BCUT2D eigenvalue weighted by molar-refractivity contribution is 5.80. The number of nitrogens with one attached hydrogen (secondary N) is 2. The predicted molar refractivity (Wildman–Crippen MR) is 110 cm³/mol. The third-order valence-corrected chi connectivity index (χ3v) is 5.93. The molecule has 1 aliphatic heterocycles. The minimum Gasteiger partial charge on any atom is -0.393 e. The number of amides is 2. The molecule has 0 unspecified atom stereocenters. The summed E-state index contributed by atoms with van der Waals surface area (Å²) >= 11 is 0. The van der Waals surface area contributed by atoms with Crippen molar-refractivity contribution in [1.29, 1.82) is 0 Å². The second kappa shape index (κ2) is 10.6. The molecule has 3 rings (SSSR count). The summed E-state index contributed by atoms with van der Waals surface area (Å²) < 4.78 is 14.5. The Balaban J connectivity index is 1.38. The van der Waals surface area contributed by atoms with Crippen LogP contribution < -0.4 is 15.5 Å². The van der Waals surface area contributed by atoms with Gasteiger partial charge in [0, 0.05) is 38.5 Å². The maximum atomic E-state index is 14.5. The number of halogens is 1. The number of nitrogens with zero attached hydrogens (tertiary/aromatic N) is 1. The molecule has 3 N–H and O–H groups in total. The molecule has 0 radical (unpaired) electrons. The van der Waals surface area contributed by atoms with Gasteiger partial charge in [0.05, 0.1) is 11.8 Å². The van der Waals surface area contributed by atoms with E-state index in [0.717, 1.165) is 25.7 Å². The third-order valence-electron chi connectivity index (χ3n) is 5.93. The summed E-state index contributed by atoms with van der Waals surface area (Å²) in [5.41, 5.74) is 1.24. The van der Waals surface area contributed by atoms with Crippen molar-refractivity contribution in [2.75, 3.05) is 24.5 Å². The average molecular weight is 406 g/mol. The van der Waals surface area contributed by atoms with Crippen LogP contribution in [0, 0.1) is 11.7 Å². The first-order valence-electron chi connectivity index (χ1n) is 10.8. The number of rotatable bonds is 7. The van der Waals surface area contributed by atoms with Crippen LogP contribution in [0.15, 0.2) is 18.2 Å². The highest BCUT2D eigenvalue weighted by Crippen LogP contribution is 2.25. The zero-order valence-corrected chi connectivity index (χ0v) is 17.0. The highest BCUT2D eigenvalue weighted by atomic mass is 19.1. The Hall–Kier alpha value is -2.15. The van der Waals surface area contributed by atoms with E-state index in [-0.39, 0.29) is 42.6 Å². The Morgan fingerprint density at radius 3 is 2.48 bits per heavy atom. The van der Waals surface area contributed by atoms with E-state index in [1.165, 1.54) is 12.5 Å². The molecule has 7 heteroatoms. The molecule has 1 saturated heterocycles. The Morgan fingerprint density at radius 2 is 1.79 bits per heavy atom. The fourth-order valence-electron chi connectivity index (χ4n) is 4.12. The van der Waals surface area contributed by atoms with Crippen LogP contribution in [0.2, 0.25) is 0 Å². The van der Waals surface area contributed by atoms with Gasteiger partial charge in [-0.15, -0.1) is 0 Å². The van der Waals surface area contributed by atoms with E-state index >= 15 is 0 Å². The molecule has 29 heavy (non-hydrogen) atoms. The molecule has 1 aromatic rings. The molecule has 0 bridgehead atoms. The minimum absolute atomic E-state index is 0.0559. The number of benzene rings is 1. The molecule has 1 aromatic carbocycles. The summed E-state index contributed by atoms with van der Waals surface area (Å²) in [7, 11) is 0. The van der Waals surface area contributed by atoms with Gasteiger partial charge in [0.15, 0.2) is 0 Å².